The molecular weight excluding hydrogens is 238 g/mol. The Morgan fingerprint density at radius 3 is 2.78 bits per heavy atom. The summed E-state index contributed by atoms with van der Waals surface area (Å²) in [6.45, 7) is 0. The molecule has 1 aromatic heterocycles. The largest absolute Gasteiger partial charge is 0.479 e. The minimum atomic E-state index is -0.649. The first kappa shape index (κ1) is 12.1. The van der Waals surface area contributed by atoms with Crippen LogP contribution in [0.2, 0.25) is 0 Å². The Morgan fingerprint density at radius 1 is 1.50 bits per heavy atom. The molecule has 1 unspecified atom stereocenters. The van der Waals surface area contributed by atoms with Crippen molar-refractivity contribution in [2.24, 2.45) is 0 Å². The van der Waals surface area contributed by atoms with Crippen molar-refractivity contribution in [1.82, 2.24) is 14.9 Å². The number of likely N-dealkylation sites (N-methyl/N-ethyl adjacent to an activating group) is 1. The van der Waals surface area contributed by atoms with Crippen LogP contribution >= 0.6 is 0 Å². The third-order valence-electron chi connectivity index (χ3n) is 2.73. The number of likely N-dealkylation sites (tertiary alicyclic amines) is 1. The summed E-state index contributed by atoms with van der Waals surface area (Å²) < 4.78 is 4.94. The van der Waals surface area contributed by atoms with Crippen molar-refractivity contribution in [2.75, 3.05) is 25.2 Å². The zero-order valence-electron chi connectivity index (χ0n) is 10.0. The smallest absolute Gasteiger partial charge is 0.251 e. The highest BCUT2D eigenvalue weighted by molar-refractivity contribution is 6.06. The summed E-state index contributed by atoms with van der Waals surface area (Å²) in [4.78, 5) is 31.9. The van der Waals surface area contributed by atoms with Gasteiger partial charge in [0.1, 0.15) is 18.1 Å². The SMILES string of the molecule is COc1ncnc(NC2CC(=O)N(C)C2=O)c1N. The van der Waals surface area contributed by atoms with Crippen LogP contribution in [-0.4, -0.2) is 46.9 Å². The summed E-state index contributed by atoms with van der Waals surface area (Å²) in [6.07, 6.45) is 1.35. The molecule has 0 bridgehead atoms. The predicted molar refractivity (Wildman–Crippen MR) is 62.8 cm³/mol. The summed E-state index contributed by atoms with van der Waals surface area (Å²) >= 11 is 0. The second-order valence-electron chi connectivity index (χ2n) is 3.84. The molecule has 0 aromatic carbocycles. The van der Waals surface area contributed by atoms with Crippen LogP contribution in [0.15, 0.2) is 6.33 Å². The minimum Gasteiger partial charge on any atom is -0.479 e. The molecule has 0 radical (unpaired) electrons. The first-order chi connectivity index (χ1) is 8.54. The molecule has 96 valence electrons. The Morgan fingerprint density at radius 2 is 2.22 bits per heavy atom. The summed E-state index contributed by atoms with van der Waals surface area (Å²) in [7, 11) is 2.87. The zero-order valence-corrected chi connectivity index (χ0v) is 10.0. The van der Waals surface area contributed by atoms with Gasteiger partial charge in [0.2, 0.25) is 11.8 Å². The fourth-order valence-electron chi connectivity index (χ4n) is 1.69. The second kappa shape index (κ2) is 4.47. The number of anilines is 2. The molecule has 8 heteroatoms. The number of amides is 2. The Bertz CT molecular complexity index is 504. The van der Waals surface area contributed by atoms with Crippen LogP contribution in [0.5, 0.6) is 5.88 Å². The van der Waals surface area contributed by atoms with Gasteiger partial charge < -0.3 is 15.8 Å². The van der Waals surface area contributed by atoms with Gasteiger partial charge in [-0.05, 0) is 0 Å². The van der Waals surface area contributed by atoms with Crippen molar-refractivity contribution in [3.63, 3.8) is 0 Å². The van der Waals surface area contributed by atoms with Crippen molar-refractivity contribution in [1.29, 1.82) is 0 Å². The number of hydrogen-bond acceptors (Lipinski definition) is 7. The minimum absolute atomic E-state index is 0.0844. The Kier molecular flexibility index (Phi) is 3.00. The fourth-order valence-corrected chi connectivity index (χ4v) is 1.69. The molecule has 2 rings (SSSR count). The normalized spacial score (nSPS) is 19.2. The maximum absolute atomic E-state index is 11.7. The van der Waals surface area contributed by atoms with E-state index >= 15 is 0 Å². The molecule has 1 aromatic rings. The highest BCUT2D eigenvalue weighted by atomic mass is 16.5. The van der Waals surface area contributed by atoms with Gasteiger partial charge in [-0.15, -0.1) is 0 Å². The lowest BCUT2D eigenvalue weighted by atomic mass is 10.2. The predicted octanol–water partition coefficient (Wildman–Crippen LogP) is -0.763. The van der Waals surface area contributed by atoms with Crippen LogP contribution in [-0.2, 0) is 9.59 Å². The molecule has 8 nitrogen and oxygen atoms in total. The highest BCUT2D eigenvalue weighted by Gasteiger charge is 2.36. The lowest BCUT2D eigenvalue weighted by molar-refractivity contribution is -0.136. The molecule has 0 spiro atoms. The van der Waals surface area contributed by atoms with Gasteiger partial charge >= 0.3 is 0 Å². The van der Waals surface area contributed by atoms with Gasteiger partial charge in [0.25, 0.3) is 5.91 Å². The summed E-state index contributed by atoms with van der Waals surface area (Å²) in [5, 5.41) is 2.83. The van der Waals surface area contributed by atoms with Gasteiger partial charge in [-0.1, -0.05) is 0 Å². The Hall–Kier alpha value is -2.38. The van der Waals surface area contributed by atoms with Crippen molar-refractivity contribution < 1.29 is 14.3 Å². The lowest BCUT2D eigenvalue weighted by Gasteiger charge is -2.13. The van der Waals surface area contributed by atoms with Crippen molar-refractivity contribution >= 4 is 23.3 Å². The lowest BCUT2D eigenvalue weighted by Crippen LogP contribution is -2.32. The molecule has 0 aliphatic carbocycles. The Balaban J connectivity index is 2.20. The van der Waals surface area contributed by atoms with Crippen LogP contribution in [0, 0.1) is 0 Å². The monoisotopic (exact) mass is 251 g/mol. The molecule has 1 atom stereocenters. The molecule has 0 saturated carbocycles. The number of imide groups is 1. The number of carbonyl (C=O) groups is 2. The van der Waals surface area contributed by atoms with Crippen molar-refractivity contribution in [3.8, 4) is 5.88 Å². The molecule has 2 amide bonds. The summed E-state index contributed by atoms with van der Waals surface area (Å²) in [5.74, 6) is -0.0463. The van der Waals surface area contributed by atoms with Crippen molar-refractivity contribution in [2.45, 2.75) is 12.5 Å². The van der Waals surface area contributed by atoms with Crippen molar-refractivity contribution in [3.05, 3.63) is 6.33 Å². The number of carbonyl (C=O) groups excluding carboxylic acids is 2. The molecule has 18 heavy (non-hydrogen) atoms. The maximum Gasteiger partial charge on any atom is 0.251 e. The summed E-state index contributed by atoms with van der Waals surface area (Å²) in [5.41, 5.74) is 5.97. The third-order valence-corrected chi connectivity index (χ3v) is 2.73. The van der Waals surface area contributed by atoms with Gasteiger partial charge in [-0.25, -0.2) is 4.98 Å². The molecule has 3 N–H and O–H groups in total. The average molecular weight is 251 g/mol. The van der Waals surface area contributed by atoms with Crippen LogP contribution in [0.25, 0.3) is 0 Å². The number of nitrogen functional groups attached to an aromatic ring is 1. The van der Waals surface area contributed by atoms with E-state index in [9.17, 15) is 9.59 Å². The van der Waals surface area contributed by atoms with E-state index in [2.05, 4.69) is 15.3 Å². The van der Waals surface area contributed by atoms with E-state index in [0.717, 1.165) is 4.90 Å². The number of hydrogen-bond donors (Lipinski definition) is 2. The standard InChI is InChI=1S/C10H13N5O3/c1-15-6(16)3-5(10(15)17)14-8-7(11)9(18-2)13-4-12-8/h4-5H,3,11H2,1-2H3,(H,12,13,14). The van der Waals surface area contributed by atoms with Crippen LogP contribution in [0.4, 0.5) is 11.5 Å². The van der Waals surface area contributed by atoms with Gasteiger partial charge in [0, 0.05) is 7.05 Å². The van der Waals surface area contributed by atoms with E-state index in [-0.39, 0.29) is 35.6 Å². The topological polar surface area (TPSA) is 110 Å². The Labute approximate surface area is 103 Å². The number of nitrogens with one attached hydrogen (secondary N) is 1. The number of aromatic nitrogens is 2. The van der Waals surface area contributed by atoms with E-state index < -0.39 is 6.04 Å². The van der Waals surface area contributed by atoms with E-state index in [1.165, 1.54) is 20.5 Å². The second-order valence-corrected chi connectivity index (χ2v) is 3.84. The molecule has 2 heterocycles. The van der Waals surface area contributed by atoms with Crippen LogP contribution in [0.3, 0.4) is 0 Å². The third kappa shape index (κ3) is 1.92. The van der Waals surface area contributed by atoms with E-state index in [4.69, 9.17) is 10.5 Å². The van der Waals surface area contributed by atoms with Crippen LogP contribution < -0.4 is 15.8 Å². The van der Waals surface area contributed by atoms with Gasteiger partial charge in [-0.2, -0.15) is 4.98 Å². The van der Waals surface area contributed by atoms with E-state index in [1.807, 2.05) is 0 Å². The number of ether oxygens (including phenoxy) is 1. The van der Waals surface area contributed by atoms with Gasteiger partial charge in [0.05, 0.1) is 13.5 Å². The number of nitrogens with zero attached hydrogens (tertiary/aromatic N) is 3. The molecule has 1 saturated heterocycles. The first-order valence-electron chi connectivity index (χ1n) is 5.26. The maximum atomic E-state index is 11.7. The van der Waals surface area contributed by atoms with Gasteiger partial charge in [-0.3, -0.25) is 14.5 Å². The van der Waals surface area contributed by atoms with Crippen LogP contribution in [0.1, 0.15) is 6.42 Å². The average Bonchev–Trinajstić information content (AvgIpc) is 2.60. The first-order valence-corrected chi connectivity index (χ1v) is 5.26. The number of methoxy groups -OCH3 is 1. The molecule has 1 aliphatic rings. The van der Waals surface area contributed by atoms with Gasteiger partial charge in [0.15, 0.2) is 5.82 Å². The molecule has 1 aliphatic heterocycles. The van der Waals surface area contributed by atoms with E-state index in [1.54, 1.807) is 0 Å². The highest BCUT2D eigenvalue weighted by Crippen LogP contribution is 2.26. The number of nitrogens with two attached hydrogens (primary N) is 1. The van der Waals surface area contributed by atoms with E-state index in [0.29, 0.717) is 0 Å². The summed E-state index contributed by atoms with van der Waals surface area (Å²) in [6, 6.07) is -0.649. The zero-order chi connectivity index (χ0) is 13.3. The fraction of sp³-hybridized carbons (Fsp3) is 0.400. The molecular formula is C10H13N5O3. The quantitative estimate of drug-likeness (QED) is 0.679. The molecule has 1 fully saturated rings. The number of rotatable bonds is 3.